The summed E-state index contributed by atoms with van der Waals surface area (Å²) in [5.41, 5.74) is 2.07. The average molecular weight is 442 g/mol. The number of hydrogen-bond acceptors (Lipinski definition) is 6. The van der Waals surface area contributed by atoms with Gasteiger partial charge in [0.15, 0.2) is 0 Å². The van der Waals surface area contributed by atoms with Crippen molar-refractivity contribution < 1.29 is 23.8 Å². The molecular formula is C24H31N3O5. The first-order valence-electron chi connectivity index (χ1n) is 10.7. The molecule has 1 unspecified atom stereocenters. The number of benzene rings is 2. The Bertz CT molecular complexity index is 919. The molecule has 2 aromatic carbocycles. The molecule has 2 amide bonds. The van der Waals surface area contributed by atoms with Crippen molar-refractivity contribution in [2.24, 2.45) is 5.92 Å². The van der Waals surface area contributed by atoms with E-state index >= 15 is 0 Å². The van der Waals surface area contributed by atoms with Gasteiger partial charge in [-0.1, -0.05) is 19.9 Å². The largest absolute Gasteiger partial charge is 0.497 e. The normalized spacial score (nSPS) is 14.6. The van der Waals surface area contributed by atoms with E-state index in [0.717, 1.165) is 18.8 Å². The second-order valence-electron chi connectivity index (χ2n) is 7.94. The predicted molar refractivity (Wildman–Crippen MR) is 124 cm³/mol. The Morgan fingerprint density at radius 1 is 1.00 bits per heavy atom. The van der Waals surface area contributed by atoms with E-state index in [0.29, 0.717) is 36.0 Å². The van der Waals surface area contributed by atoms with Crippen molar-refractivity contribution in [3.8, 4) is 11.5 Å². The molecule has 8 nitrogen and oxygen atoms in total. The van der Waals surface area contributed by atoms with Gasteiger partial charge in [-0.25, -0.2) is 0 Å². The second kappa shape index (κ2) is 10.9. The topological polar surface area (TPSA) is 89.1 Å². The fourth-order valence-electron chi connectivity index (χ4n) is 3.52. The highest BCUT2D eigenvalue weighted by atomic mass is 16.5. The fourth-order valence-corrected chi connectivity index (χ4v) is 3.52. The molecule has 172 valence electrons. The summed E-state index contributed by atoms with van der Waals surface area (Å²) in [5.74, 6) is 0.231. The molecule has 1 aliphatic heterocycles. The highest BCUT2D eigenvalue weighted by Gasteiger charge is 2.25. The van der Waals surface area contributed by atoms with Crippen LogP contribution in [0.3, 0.4) is 0 Å². The van der Waals surface area contributed by atoms with Crippen molar-refractivity contribution in [1.29, 1.82) is 0 Å². The van der Waals surface area contributed by atoms with Crippen LogP contribution in [0.5, 0.6) is 11.5 Å². The van der Waals surface area contributed by atoms with Gasteiger partial charge in [0.25, 0.3) is 5.91 Å². The number of nitrogens with zero attached hydrogens (tertiary/aromatic N) is 1. The van der Waals surface area contributed by atoms with Crippen molar-refractivity contribution in [2.45, 2.75) is 19.9 Å². The van der Waals surface area contributed by atoms with Crippen LogP contribution in [-0.2, 0) is 9.53 Å². The Kier molecular flexibility index (Phi) is 7.94. The van der Waals surface area contributed by atoms with Crippen molar-refractivity contribution in [1.82, 2.24) is 5.32 Å². The van der Waals surface area contributed by atoms with Gasteiger partial charge in [-0.3, -0.25) is 9.59 Å². The van der Waals surface area contributed by atoms with Crippen LogP contribution in [0.1, 0.15) is 24.2 Å². The number of carbonyl (C=O) groups is 2. The molecule has 32 heavy (non-hydrogen) atoms. The minimum absolute atomic E-state index is 0.117. The van der Waals surface area contributed by atoms with Crippen molar-refractivity contribution in [3.63, 3.8) is 0 Å². The molecule has 1 fully saturated rings. The first kappa shape index (κ1) is 23.4. The summed E-state index contributed by atoms with van der Waals surface area (Å²) in [4.78, 5) is 28.2. The number of carbonyl (C=O) groups excluding carboxylic acids is 2. The molecule has 0 spiro atoms. The van der Waals surface area contributed by atoms with Crippen LogP contribution in [-0.4, -0.2) is 58.4 Å². The number of anilines is 2. The summed E-state index contributed by atoms with van der Waals surface area (Å²) in [6.45, 7) is 6.78. The Morgan fingerprint density at radius 2 is 1.66 bits per heavy atom. The van der Waals surface area contributed by atoms with Crippen LogP contribution < -0.4 is 25.0 Å². The Hall–Kier alpha value is -3.26. The van der Waals surface area contributed by atoms with Crippen LogP contribution in [0, 0.1) is 5.92 Å². The summed E-state index contributed by atoms with van der Waals surface area (Å²) in [5, 5.41) is 5.79. The van der Waals surface area contributed by atoms with Gasteiger partial charge in [-0.15, -0.1) is 0 Å². The van der Waals surface area contributed by atoms with E-state index in [1.165, 1.54) is 14.2 Å². The van der Waals surface area contributed by atoms with E-state index in [4.69, 9.17) is 14.2 Å². The first-order valence-corrected chi connectivity index (χ1v) is 10.7. The standard InChI is InChI=1S/C24H31N3O5/c1-16(2)22(26-23(28)17-12-20(30-3)15-21(13-17)31-4)24(29)25-18-6-5-7-19(14-18)27-8-10-32-11-9-27/h5-7,12-16,22H,8-11H2,1-4H3,(H,25,29)(H,26,28). The van der Waals surface area contributed by atoms with E-state index < -0.39 is 6.04 Å². The van der Waals surface area contributed by atoms with Crippen LogP contribution in [0.15, 0.2) is 42.5 Å². The smallest absolute Gasteiger partial charge is 0.252 e. The maximum Gasteiger partial charge on any atom is 0.252 e. The zero-order chi connectivity index (χ0) is 23.1. The SMILES string of the molecule is COc1cc(OC)cc(C(=O)NC(C(=O)Nc2cccc(N3CCOCC3)c2)C(C)C)c1. The number of morpholine rings is 1. The Labute approximate surface area is 188 Å². The molecular weight excluding hydrogens is 410 g/mol. The van der Waals surface area contributed by atoms with Crippen molar-refractivity contribution in [2.75, 3.05) is 50.7 Å². The van der Waals surface area contributed by atoms with Crippen LogP contribution in [0.4, 0.5) is 11.4 Å². The lowest BCUT2D eigenvalue weighted by atomic mass is 10.0. The molecule has 8 heteroatoms. The van der Waals surface area contributed by atoms with Gasteiger partial charge in [0, 0.05) is 36.1 Å². The third kappa shape index (κ3) is 5.91. The molecule has 3 rings (SSSR count). The van der Waals surface area contributed by atoms with E-state index in [-0.39, 0.29) is 17.7 Å². The molecule has 0 aromatic heterocycles. The number of amides is 2. The molecule has 1 saturated heterocycles. The van der Waals surface area contributed by atoms with Crippen LogP contribution in [0.25, 0.3) is 0 Å². The molecule has 1 heterocycles. The number of ether oxygens (including phenoxy) is 3. The van der Waals surface area contributed by atoms with Gasteiger partial charge >= 0.3 is 0 Å². The number of rotatable bonds is 8. The maximum atomic E-state index is 13.0. The lowest BCUT2D eigenvalue weighted by molar-refractivity contribution is -0.118. The van der Waals surface area contributed by atoms with Crippen molar-refractivity contribution >= 4 is 23.2 Å². The van der Waals surface area contributed by atoms with Crippen molar-refractivity contribution in [3.05, 3.63) is 48.0 Å². The first-order chi connectivity index (χ1) is 15.4. The minimum Gasteiger partial charge on any atom is -0.497 e. The molecule has 0 aliphatic carbocycles. The van der Waals surface area contributed by atoms with Gasteiger partial charge in [0.2, 0.25) is 5.91 Å². The lowest BCUT2D eigenvalue weighted by Crippen LogP contribution is -2.47. The van der Waals surface area contributed by atoms with E-state index in [9.17, 15) is 9.59 Å². The Balaban J connectivity index is 1.72. The quantitative estimate of drug-likeness (QED) is 0.655. The van der Waals surface area contributed by atoms with Gasteiger partial charge in [0.1, 0.15) is 17.5 Å². The van der Waals surface area contributed by atoms with E-state index in [1.807, 2.05) is 38.1 Å². The van der Waals surface area contributed by atoms with E-state index in [1.54, 1.807) is 18.2 Å². The van der Waals surface area contributed by atoms with Gasteiger partial charge in [-0.2, -0.15) is 0 Å². The minimum atomic E-state index is -0.716. The fraction of sp³-hybridized carbons (Fsp3) is 0.417. The van der Waals surface area contributed by atoms with Gasteiger partial charge in [-0.05, 0) is 36.2 Å². The monoisotopic (exact) mass is 441 g/mol. The van der Waals surface area contributed by atoms with Crippen LogP contribution >= 0.6 is 0 Å². The molecule has 0 radical (unpaired) electrons. The highest BCUT2D eigenvalue weighted by molar-refractivity contribution is 6.01. The summed E-state index contributed by atoms with van der Waals surface area (Å²) in [7, 11) is 3.04. The number of nitrogens with one attached hydrogen (secondary N) is 2. The number of methoxy groups -OCH3 is 2. The number of hydrogen-bond donors (Lipinski definition) is 2. The summed E-state index contributed by atoms with van der Waals surface area (Å²) < 4.78 is 15.9. The zero-order valence-corrected chi connectivity index (χ0v) is 19.0. The van der Waals surface area contributed by atoms with Crippen LogP contribution in [0.2, 0.25) is 0 Å². The molecule has 1 aliphatic rings. The molecule has 0 saturated carbocycles. The summed E-state index contributed by atoms with van der Waals surface area (Å²) in [6.07, 6.45) is 0. The lowest BCUT2D eigenvalue weighted by Gasteiger charge is -2.29. The third-order valence-electron chi connectivity index (χ3n) is 5.34. The van der Waals surface area contributed by atoms with E-state index in [2.05, 4.69) is 15.5 Å². The maximum absolute atomic E-state index is 13.0. The summed E-state index contributed by atoms with van der Waals surface area (Å²) >= 11 is 0. The average Bonchev–Trinajstić information content (AvgIpc) is 2.82. The molecule has 1 atom stereocenters. The highest BCUT2D eigenvalue weighted by Crippen LogP contribution is 2.23. The van der Waals surface area contributed by atoms with Gasteiger partial charge in [0.05, 0.1) is 27.4 Å². The predicted octanol–water partition coefficient (Wildman–Crippen LogP) is 2.93. The Morgan fingerprint density at radius 3 is 2.25 bits per heavy atom. The second-order valence-corrected chi connectivity index (χ2v) is 7.94. The third-order valence-corrected chi connectivity index (χ3v) is 5.34. The van der Waals surface area contributed by atoms with Gasteiger partial charge < -0.3 is 29.7 Å². The molecule has 0 bridgehead atoms. The molecule has 2 aromatic rings. The zero-order valence-electron chi connectivity index (χ0n) is 19.0. The summed E-state index contributed by atoms with van der Waals surface area (Å²) in [6, 6.07) is 11.9. The molecule has 2 N–H and O–H groups in total.